The maximum absolute atomic E-state index is 12.5. The first kappa shape index (κ1) is 19.6. The van der Waals surface area contributed by atoms with E-state index in [1.165, 1.54) is 0 Å². The number of aromatic amines is 3. The number of hydrogen-bond acceptors (Lipinski definition) is 6. The minimum atomic E-state index is -0.563. The molecule has 0 radical (unpaired) electrons. The van der Waals surface area contributed by atoms with Crippen LogP contribution >= 0.6 is 0 Å². The lowest BCUT2D eigenvalue weighted by molar-refractivity contribution is 0.682. The van der Waals surface area contributed by atoms with Crippen LogP contribution < -0.4 is 11.2 Å². The monoisotopic (exact) mass is 428 g/mol. The highest BCUT2D eigenvalue weighted by molar-refractivity contribution is 5.80. The summed E-state index contributed by atoms with van der Waals surface area (Å²) >= 11 is 0. The fourth-order valence-corrected chi connectivity index (χ4v) is 3.87. The first-order chi connectivity index (χ1) is 15.5. The third-order valence-electron chi connectivity index (χ3n) is 5.31. The summed E-state index contributed by atoms with van der Waals surface area (Å²) in [5.74, 6) is 1.34. The fraction of sp³-hybridized carbons (Fsp3) is 0.182. The van der Waals surface area contributed by atoms with Crippen molar-refractivity contribution in [1.82, 2.24) is 40.1 Å². The number of nitrogens with zero attached hydrogens (tertiary/aromatic N) is 5. The second-order valence-electron chi connectivity index (χ2n) is 7.79. The Morgan fingerprint density at radius 2 is 1.72 bits per heavy atom. The SMILES string of the molecule is CC(C)c1nc2[nH]c(=O)[nH]c(=O)c2n1Cc1ccc(-c2ccccc2-c2nn[nH]n2)cc1. The number of aromatic nitrogens is 8. The summed E-state index contributed by atoms with van der Waals surface area (Å²) in [6.45, 7) is 4.45. The van der Waals surface area contributed by atoms with E-state index in [2.05, 4.69) is 35.6 Å². The van der Waals surface area contributed by atoms with Crippen LogP contribution in [0.1, 0.15) is 31.2 Å². The van der Waals surface area contributed by atoms with Crippen LogP contribution in [0, 0.1) is 0 Å². The molecule has 0 saturated carbocycles. The molecule has 5 rings (SSSR count). The Morgan fingerprint density at radius 3 is 2.41 bits per heavy atom. The van der Waals surface area contributed by atoms with Crippen LogP contribution in [0.5, 0.6) is 0 Å². The molecule has 5 aromatic rings. The van der Waals surface area contributed by atoms with Gasteiger partial charge in [0.2, 0.25) is 5.82 Å². The van der Waals surface area contributed by atoms with Gasteiger partial charge in [-0.2, -0.15) is 5.21 Å². The van der Waals surface area contributed by atoms with Crippen molar-refractivity contribution in [3.8, 4) is 22.5 Å². The van der Waals surface area contributed by atoms with Gasteiger partial charge >= 0.3 is 5.69 Å². The zero-order valence-corrected chi connectivity index (χ0v) is 17.5. The predicted molar refractivity (Wildman–Crippen MR) is 119 cm³/mol. The molecule has 0 aliphatic carbocycles. The van der Waals surface area contributed by atoms with Gasteiger partial charge in [-0.25, -0.2) is 9.78 Å². The number of tetrazole rings is 1. The van der Waals surface area contributed by atoms with E-state index in [0.29, 0.717) is 23.5 Å². The molecule has 0 spiro atoms. The van der Waals surface area contributed by atoms with Crippen LogP contribution in [0.2, 0.25) is 0 Å². The van der Waals surface area contributed by atoms with E-state index in [9.17, 15) is 9.59 Å². The molecule has 0 fully saturated rings. The summed E-state index contributed by atoms with van der Waals surface area (Å²) in [6, 6.07) is 15.9. The Balaban J connectivity index is 1.54. The normalized spacial score (nSPS) is 11.5. The largest absolute Gasteiger partial charge is 0.327 e. The van der Waals surface area contributed by atoms with Crippen molar-refractivity contribution in [2.24, 2.45) is 0 Å². The summed E-state index contributed by atoms with van der Waals surface area (Å²) in [7, 11) is 0. The number of rotatable bonds is 5. The van der Waals surface area contributed by atoms with Crippen LogP contribution in [0.15, 0.2) is 58.1 Å². The molecule has 3 heterocycles. The molecule has 3 aromatic heterocycles. The molecule has 3 N–H and O–H groups in total. The lowest BCUT2D eigenvalue weighted by atomic mass is 9.98. The van der Waals surface area contributed by atoms with Crippen LogP contribution in [-0.2, 0) is 6.54 Å². The Hall–Kier alpha value is -4.34. The van der Waals surface area contributed by atoms with E-state index in [4.69, 9.17) is 0 Å². The van der Waals surface area contributed by atoms with Crippen molar-refractivity contribution >= 4 is 11.2 Å². The van der Waals surface area contributed by atoms with Gasteiger partial charge in [0.25, 0.3) is 5.56 Å². The van der Waals surface area contributed by atoms with E-state index in [1.807, 2.05) is 66.9 Å². The number of benzene rings is 2. The molecule has 0 aliphatic rings. The first-order valence-corrected chi connectivity index (χ1v) is 10.2. The molecule has 0 aliphatic heterocycles. The fourth-order valence-electron chi connectivity index (χ4n) is 3.87. The van der Waals surface area contributed by atoms with E-state index in [1.54, 1.807) is 0 Å². The predicted octanol–water partition coefficient (Wildman–Crippen LogP) is 2.43. The molecule has 2 aromatic carbocycles. The molecule has 0 unspecified atom stereocenters. The summed E-state index contributed by atoms with van der Waals surface area (Å²) in [5, 5.41) is 14.3. The maximum atomic E-state index is 12.5. The molecule has 10 heteroatoms. The third kappa shape index (κ3) is 3.41. The van der Waals surface area contributed by atoms with Gasteiger partial charge in [0.15, 0.2) is 11.2 Å². The van der Waals surface area contributed by atoms with Crippen LogP contribution in [-0.4, -0.2) is 40.1 Å². The lowest BCUT2D eigenvalue weighted by Gasteiger charge is -2.12. The minimum Gasteiger partial charge on any atom is -0.317 e. The molecule has 0 amide bonds. The van der Waals surface area contributed by atoms with Gasteiger partial charge in [0, 0.05) is 18.0 Å². The molecule has 0 bridgehead atoms. The Labute approximate surface area is 181 Å². The highest BCUT2D eigenvalue weighted by Crippen LogP contribution is 2.30. The maximum Gasteiger partial charge on any atom is 0.327 e. The van der Waals surface area contributed by atoms with Crippen LogP contribution in [0.25, 0.3) is 33.7 Å². The van der Waals surface area contributed by atoms with E-state index in [-0.39, 0.29) is 5.92 Å². The molecule has 0 atom stereocenters. The zero-order chi connectivity index (χ0) is 22.2. The van der Waals surface area contributed by atoms with Crippen molar-refractivity contribution < 1.29 is 0 Å². The van der Waals surface area contributed by atoms with Gasteiger partial charge < -0.3 is 4.57 Å². The van der Waals surface area contributed by atoms with E-state index < -0.39 is 11.2 Å². The minimum absolute atomic E-state index is 0.0754. The van der Waals surface area contributed by atoms with Gasteiger partial charge in [0.05, 0.1) is 0 Å². The van der Waals surface area contributed by atoms with Crippen molar-refractivity contribution in [3.05, 3.63) is 80.8 Å². The molecule has 0 saturated heterocycles. The van der Waals surface area contributed by atoms with Crippen LogP contribution in [0.4, 0.5) is 0 Å². The smallest absolute Gasteiger partial charge is 0.317 e. The Bertz CT molecular complexity index is 1510. The van der Waals surface area contributed by atoms with Crippen LogP contribution in [0.3, 0.4) is 0 Å². The zero-order valence-electron chi connectivity index (χ0n) is 17.5. The Kier molecular flexibility index (Phi) is 4.74. The molecular weight excluding hydrogens is 408 g/mol. The van der Waals surface area contributed by atoms with Gasteiger partial charge in [-0.3, -0.25) is 14.8 Å². The highest BCUT2D eigenvalue weighted by Gasteiger charge is 2.18. The molecule has 32 heavy (non-hydrogen) atoms. The number of fused-ring (bicyclic) bond motifs is 1. The van der Waals surface area contributed by atoms with E-state index >= 15 is 0 Å². The van der Waals surface area contributed by atoms with E-state index in [0.717, 1.165) is 28.1 Å². The third-order valence-corrected chi connectivity index (χ3v) is 5.31. The molecule has 160 valence electrons. The number of H-pyrrole nitrogens is 3. The van der Waals surface area contributed by atoms with Gasteiger partial charge in [-0.15, -0.1) is 10.2 Å². The second kappa shape index (κ2) is 7.73. The van der Waals surface area contributed by atoms with Crippen molar-refractivity contribution in [2.45, 2.75) is 26.3 Å². The average Bonchev–Trinajstić information content (AvgIpc) is 3.43. The van der Waals surface area contributed by atoms with Crippen molar-refractivity contribution in [3.63, 3.8) is 0 Å². The van der Waals surface area contributed by atoms with Gasteiger partial charge in [0.1, 0.15) is 5.82 Å². The molecular formula is C22H20N8O2. The summed E-state index contributed by atoms with van der Waals surface area (Å²) < 4.78 is 1.86. The first-order valence-electron chi connectivity index (χ1n) is 10.2. The second-order valence-corrected chi connectivity index (χ2v) is 7.79. The summed E-state index contributed by atoms with van der Waals surface area (Å²) in [6.07, 6.45) is 0. The lowest BCUT2D eigenvalue weighted by Crippen LogP contribution is -2.23. The van der Waals surface area contributed by atoms with Gasteiger partial charge in [-0.05, 0) is 21.9 Å². The number of nitrogens with one attached hydrogen (secondary N) is 3. The Morgan fingerprint density at radius 1 is 0.969 bits per heavy atom. The summed E-state index contributed by atoms with van der Waals surface area (Å²) in [4.78, 5) is 33.6. The standard InChI is InChI=1S/C22H20N8O2/c1-12(2)20-23-19-17(21(31)25-22(32)24-19)30(20)11-13-7-9-14(10-8-13)15-5-3-4-6-16(15)18-26-28-29-27-18/h3-10,12H,11H2,1-2H3,(H2,24,25,31,32)(H,26,27,28,29). The molecule has 10 nitrogen and oxygen atoms in total. The van der Waals surface area contributed by atoms with Crippen molar-refractivity contribution in [2.75, 3.05) is 0 Å². The average molecular weight is 428 g/mol. The number of imidazole rings is 1. The quantitative estimate of drug-likeness (QED) is 0.393. The van der Waals surface area contributed by atoms with Gasteiger partial charge in [-0.1, -0.05) is 62.4 Å². The summed E-state index contributed by atoms with van der Waals surface area (Å²) in [5.41, 5.74) is 3.53. The number of hydrogen-bond donors (Lipinski definition) is 3. The highest BCUT2D eigenvalue weighted by atomic mass is 16.2. The topological polar surface area (TPSA) is 138 Å². The van der Waals surface area contributed by atoms with Crippen molar-refractivity contribution in [1.29, 1.82) is 0 Å².